The lowest BCUT2D eigenvalue weighted by atomic mass is 10.2. The Morgan fingerprint density at radius 1 is 1.62 bits per heavy atom. The maximum atomic E-state index is 11.9. The van der Waals surface area contributed by atoms with Crippen LogP contribution in [0, 0.1) is 0 Å². The first-order chi connectivity index (χ1) is 7.59. The summed E-state index contributed by atoms with van der Waals surface area (Å²) in [6.07, 6.45) is 1.70. The van der Waals surface area contributed by atoms with E-state index in [9.17, 15) is 4.79 Å². The lowest BCUT2D eigenvalue weighted by molar-refractivity contribution is 0.469. The number of nitrogens with one attached hydrogen (secondary N) is 2. The van der Waals surface area contributed by atoms with Gasteiger partial charge in [0.15, 0.2) is 0 Å². The Balaban J connectivity index is 2.27. The molecule has 2 N–H and O–H groups in total. The number of hydrogen-bond acceptors (Lipinski definition) is 4. The smallest absolute Gasteiger partial charge is 0.283 e. The van der Waals surface area contributed by atoms with Gasteiger partial charge in [0.1, 0.15) is 4.47 Å². The first-order valence-corrected chi connectivity index (χ1v) is 6.13. The lowest BCUT2D eigenvalue weighted by Gasteiger charge is -2.29. The van der Waals surface area contributed by atoms with Gasteiger partial charge in [-0.2, -0.15) is 5.10 Å². The minimum atomic E-state index is -0.0905. The summed E-state index contributed by atoms with van der Waals surface area (Å²) in [6.45, 7) is 5.73. The maximum Gasteiger partial charge on any atom is 0.283 e. The zero-order valence-corrected chi connectivity index (χ0v) is 10.9. The van der Waals surface area contributed by atoms with Gasteiger partial charge in [-0.1, -0.05) is 0 Å². The average molecular weight is 287 g/mol. The standard InChI is InChI=1S/C10H15BrN4O/c1-6(2)15-10(16)9(11)8(5-13-15)14-7-3-12-4-7/h5-7,12,14H,3-4H2,1-2H3. The van der Waals surface area contributed by atoms with Gasteiger partial charge in [0.25, 0.3) is 5.56 Å². The molecule has 0 amide bonds. The molecule has 6 heteroatoms. The SMILES string of the molecule is CC(C)n1ncc(NC2CNC2)c(Br)c1=O. The predicted octanol–water partition coefficient (Wildman–Crippen LogP) is 0.970. The van der Waals surface area contributed by atoms with Gasteiger partial charge in [0.05, 0.1) is 24.0 Å². The topological polar surface area (TPSA) is 59.0 Å². The lowest BCUT2D eigenvalue weighted by Crippen LogP contribution is -2.51. The second-order valence-electron chi connectivity index (χ2n) is 4.22. The molecule has 0 radical (unpaired) electrons. The highest BCUT2D eigenvalue weighted by Gasteiger charge is 2.19. The van der Waals surface area contributed by atoms with Crippen LogP contribution >= 0.6 is 15.9 Å². The summed E-state index contributed by atoms with van der Waals surface area (Å²) in [4.78, 5) is 11.9. The normalized spacial score (nSPS) is 16.2. The summed E-state index contributed by atoms with van der Waals surface area (Å²) >= 11 is 3.32. The number of rotatable bonds is 3. The second kappa shape index (κ2) is 4.55. The number of halogens is 1. The van der Waals surface area contributed by atoms with Gasteiger partial charge < -0.3 is 10.6 Å². The van der Waals surface area contributed by atoms with Crippen molar-refractivity contribution in [2.75, 3.05) is 18.4 Å². The van der Waals surface area contributed by atoms with E-state index in [0.717, 1.165) is 18.8 Å². The Bertz CT molecular complexity index is 439. The van der Waals surface area contributed by atoms with Crippen LogP contribution in [0.1, 0.15) is 19.9 Å². The van der Waals surface area contributed by atoms with Crippen LogP contribution in [-0.2, 0) is 0 Å². The number of anilines is 1. The third-order valence-electron chi connectivity index (χ3n) is 2.57. The van der Waals surface area contributed by atoms with Gasteiger partial charge in [-0.05, 0) is 29.8 Å². The summed E-state index contributed by atoms with van der Waals surface area (Å²) in [6, 6.07) is 0.468. The van der Waals surface area contributed by atoms with Crippen molar-refractivity contribution in [2.45, 2.75) is 25.9 Å². The monoisotopic (exact) mass is 286 g/mol. The Morgan fingerprint density at radius 3 is 2.81 bits per heavy atom. The van der Waals surface area contributed by atoms with E-state index in [0.29, 0.717) is 10.5 Å². The number of aromatic nitrogens is 2. The van der Waals surface area contributed by atoms with Crippen molar-refractivity contribution in [1.82, 2.24) is 15.1 Å². The highest BCUT2D eigenvalue weighted by molar-refractivity contribution is 9.10. The molecule has 0 atom stereocenters. The largest absolute Gasteiger partial charge is 0.377 e. The van der Waals surface area contributed by atoms with Crippen LogP contribution in [0.3, 0.4) is 0 Å². The Hall–Kier alpha value is -0.880. The highest BCUT2D eigenvalue weighted by Crippen LogP contribution is 2.18. The third-order valence-corrected chi connectivity index (χ3v) is 3.34. The van der Waals surface area contributed by atoms with E-state index in [1.807, 2.05) is 13.8 Å². The molecule has 1 aliphatic heterocycles. The van der Waals surface area contributed by atoms with E-state index in [1.165, 1.54) is 4.68 Å². The van der Waals surface area contributed by atoms with Crippen LogP contribution in [0.4, 0.5) is 5.69 Å². The van der Waals surface area contributed by atoms with Gasteiger partial charge in [0.2, 0.25) is 0 Å². The number of hydrogen-bond donors (Lipinski definition) is 2. The molecule has 1 fully saturated rings. The molecule has 0 unspecified atom stereocenters. The van der Waals surface area contributed by atoms with Gasteiger partial charge in [-0.15, -0.1) is 0 Å². The quantitative estimate of drug-likeness (QED) is 0.869. The second-order valence-corrected chi connectivity index (χ2v) is 5.01. The fourth-order valence-electron chi connectivity index (χ4n) is 1.52. The van der Waals surface area contributed by atoms with Gasteiger partial charge in [0, 0.05) is 13.1 Å². The molecule has 1 aromatic heterocycles. The summed E-state index contributed by atoms with van der Waals surface area (Å²) < 4.78 is 2.02. The summed E-state index contributed by atoms with van der Waals surface area (Å²) in [7, 11) is 0. The molecule has 0 saturated carbocycles. The third kappa shape index (κ3) is 2.12. The Kier molecular flexibility index (Phi) is 3.30. The summed E-state index contributed by atoms with van der Waals surface area (Å²) in [5.41, 5.74) is 0.681. The molecule has 0 spiro atoms. The molecule has 88 valence electrons. The van der Waals surface area contributed by atoms with Crippen molar-refractivity contribution in [1.29, 1.82) is 0 Å². The van der Waals surface area contributed by atoms with Crippen molar-refractivity contribution in [3.63, 3.8) is 0 Å². The molecule has 1 saturated heterocycles. The maximum absolute atomic E-state index is 11.9. The molecular formula is C10H15BrN4O. The van der Waals surface area contributed by atoms with E-state index in [4.69, 9.17) is 0 Å². The van der Waals surface area contributed by atoms with E-state index in [1.54, 1.807) is 6.20 Å². The zero-order chi connectivity index (χ0) is 11.7. The highest BCUT2D eigenvalue weighted by atomic mass is 79.9. The fourth-order valence-corrected chi connectivity index (χ4v) is 1.92. The van der Waals surface area contributed by atoms with Crippen molar-refractivity contribution >= 4 is 21.6 Å². The molecule has 5 nitrogen and oxygen atoms in total. The van der Waals surface area contributed by atoms with E-state index in [-0.39, 0.29) is 11.6 Å². The first kappa shape index (κ1) is 11.6. The minimum absolute atomic E-state index is 0.0724. The summed E-state index contributed by atoms with van der Waals surface area (Å²) in [5, 5.41) is 10.6. The molecule has 2 rings (SSSR count). The van der Waals surface area contributed by atoms with Crippen LogP contribution < -0.4 is 16.2 Å². The van der Waals surface area contributed by atoms with Crippen LogP contribution in [0.2, 0.25) is 0 Å². The molecule has 0 bridgehead atoms. The van der Waals surface area contributed by atoms with Crippen LogP contribution in [0.25, 0.3) is 0 Å². The van der Waals surface area contributed by atoms with Gasteiger partial charge in [-0.3, -0.25) is 4.79 Å². The Morgan fingerprint density at radius 2 is 2.31 bits per heavy atom. The van der Waals surface area contributed by atoms with Crippen molar-refractivity contribution < 1.29 is 0 Å². The van der Waals surface area contributed by atoms with Crippen LogP contribution in [0.5, 0.6) is 0 Å². The number of nitrogens with zero attached hydrogens (tertiary/aromatic N) is 2. The van der Waals surface area contributed by atoms with Crippen LogP contribution in [0.15, 0.2) is 15.5 Å². The summed E-state index contributed by atoms with van der Waals surface area (Å²) in [5.74, 6) is 0. The molecule has 1 aliphatic rings. The van der Waals surface area contributed by atoms with Crippen molar-refractivity contribution in [3.8, 4) is 0 Å². The minimum Gasteiger partial charge on any atom is -0.377 e. The van der Waals surface area contributed by atoms with Crippen LogP contribution in [-0.4, -0.2) is 28.9 Å². The molecule has 2 heterocycles. The Labute approximate surface area is 102 Å². The van der Waals surface area contributed by atoms with E-state index < -0.39 is 0 Å². The first-order valence-electron chi connectivity index (χ1n) is 5.34. The molecule has 16 heavy (non-hydrogen) atoms. The molecule has 1 aromatic rings. The van der Waals surface area contributed by atoms with E-state index >= 15 is 0 Å². The molecule has 0 aromatic carbocycles. The predicted molar refractivity (Wildman–Crippen MR) is 66.9 cm³/mol. The molecular weight excluding hydrogens is 272 g/mol. The fraction of sp³-hybridized carbons (Fsp3) is 0.600. The average Bonchev–Trinajstić information content (AvgIpc) is 2.17. The molecule has 0 aliphatic carbocycles. The van der Waals surface area contributed by atoms with Crippen molar-refractivity contribution in [2.24, 2.45) is 0 Å². The zero-order valence-electron chi connectivity index (χ0n) is 9.33. The van der Waals surface area contributed by atoms with Gasteiger partial charge >= 0.3 is 0 Å². The van der Waals surface area contributed by atoms with E-state index in [2.05, 4.69) is 31.7 Å². The van der Waals surface area contributed by atoms with Crippen molar-refractivity contribution in [3.05, 3.63) is 21.0 Å². The van der Waals surface area contributed by atoms with Gasteiger partial charge in [-0.25, -0.2) is 4.68 Å².